The number of carbonyl (C=O) groups is 1. The summed E-state index contributed by atoms with van der Waals surface area (Å²) >= 11 is 0. The summed E-state index contributed by atoms with van der Waals surface area (Å²) in [6, 6.07) is 10.7. The smallest absolute Gasteiger partial charge is 0.261 e. The van der Waals surface area contributed by atoms with Crippen molar-refractivity contribution in [3.63, 3.8) is 0 Å². The lowest BCUT2D eigenvalue weighted by molar-refractivity contribution is -0.114. The molecule has 2 aromatic heterocycles. The Morgan fingerprint density at radius 1 is 1.04 bits per heavy atom. The second-order valence-corrected chi connectivity index (χ2v) is 7.37. The van der Waals surface area contributed by atoms with E-state index in [-0.39, 0.29) is 10.8 Å². The van der Waals surface area contributed by atoms with Gasteiger partial charge >= 0.3 is 0 Å². The zero-order valence-corrected chi connectivity index (χ0v) is 15.4. The van der Waals surface area contributed by atoms with Crippen molar-refractivity contribution >= 4 is 38.9 Å². The van der Waals surface area contributed by atoms with Crippen molar-refractivity contribution in [2.75, 3.05) is 15.4 Å². The first-order valence-electron chi connectivity index (χ1n) is 7.89. The SMILES string of the molecule is CC(=O)Nc1ccc(S(=O)(=O)Nc2ccc(Nc3cc(C)on3)nc2)cc1. The molecule has 0 aliphatic heterocycles. The van der Waals surface area contributed by atoms with E-state index in [2.05, 4.69) is 25.5 Å². The van der Waals surface area contributed by atoms with E-state index in [1.54, 1.807) is 25.1 Å². The van der Waals surface area contributed by atoms with Crippen LogP contribution >= 0.6 is 0 Å². The molecule has 0 spiro atoms. The molecule has 1 aromatic carbocycles. The maximum Gasteiger partial charge on any atom is 0.261 e. The van der Waals surface area contributed by atoms with E-state index in [9.17, 15) is 13.2 Å². The van der Waals surface area contributed by atoms with E-state index in [1.165, 1.54) is 37.4 Å². The van der Waals surface area contributed by atoms with E-state index in [4.69, 9.17) is 4.52 Å². The number of benzene rings is 1. The van der Waals surface area contributed by atoms with E-state index < -0.39 is 10.0 Å². The number of aromatic nitrogens is 2. The fourth-order valence-electron chi connectivity index (χ4n) is 2.22. The van der Waals surface area contributed by atoms with Crippen molar-refractivity contribution < 1.29 is 17.7 Å². The number of carbonyl (C=O) groups excluding carboxylic acids is 1. The number of aryl methyl sites for hydroxylation is 1. The van der Waals surface area contributed by atoms with E-state index >= 15 is 0 Å². The van der Waals surface area contributed by atoms with Crippen molar-refractivity contribution in [1.82, 2.24) is 10.1 Å². The van der Waals surface area contributed by atoms with Gasteiger partial charge in [-0.3, -0.25) is 9.52 Å². The van der Waals surface area contributed by atoms with Crippen LogP contribution in [0.1, 0.15) is 12.7 Å². The highest BCUT2D eigenvalue weighted by molar-refractivity contribution is 7.92. The third-order valence-electron chi connectivity index (χ3n) is 3.38. The topological polar surface area (TPSA) is 126 Å². The number of hydrogen-bond donors (Lipinski definition) is 3. The molecule has 0 saturated carbocycles. The van der Waals surface area contributed by atoms with Crippen LogP contribution in [0, 0.1) is 6.92 Å². The molecule has 1 amide bonds. The van der Waals surface area contributed by atoms with Gasteiger partial charge in [0.25, 0.3) is 10.0 Å². The summed E-state index contributed by atoms with van der Waals surface area (Å²) in [5.41, 5.74) is 0.824. The van der Waals surface area contributed by atoms with E-state index in [0.29, 0.717) is 28.8 Å². The molecule has 0 saturated heterocycles. The van der Waals surface area contributed by atoms with Gasteiger partial charge < -0.3 is 15.2 Å². The van der Waals surface area contributed by atoms with Crippen molar-refractivity contribution in [2.24, 2.45) is 0 Å². The first kappa shape index (κ1) is 18.4. The van der Waals surface area contributed by atoms with Crippen molar-refractivity contribution in [1.29, 1.82) is 0 Å². The summed E-state index contributed by atoms with van der Waals surface area (Å²) in [5.74, 6) is 1.43. The van der Waals surface area contributed by atoms with Crippen LogP contribution in [0.3, 0.4) is 0 Å². The molecule has 9 nitrogen and oxygen atoms in total. The van der Waals surface area contributed by atoms with Crippen LogP contribution in [0.4, 0.5) is 23.0 Å². The highest BCUT2D eigenvalue weighted by atomic mass is 32.2. The molecule has 0 radical (unpaired) electrons. The van der Waals surface area contributed by atoms with Gasteiger partial charge in [0.15, 0.2) is 5.82 Å². The van der Waals surface area contributed by atoms with Crippen LogP contribution in [-0.2, 0) is 14.8 Å². The lowest BCUT2D eigenvalue weighted by atomic mass is 10.3. The maximum absolute atomic E-state index is 12.4. The Hall–Kier alpha value is -3.40. The number of rotatable bonds is 6. The standard InChI is InChI=1S/C17H17N5O4S/c1-11-9-17(21-26-11)20-16-8-5-14(10-18-16)22-27(24,25)15-6-3-13(4-7-15)19-12(2)23/h3-10,22H,1-2H3,(H,19,23)(H,18,20,21). The molecule has 0 aliphatic rings. The van der Waals surface area contributed by atoms with Gasteiger partial charge in [-0.2, -0.15) is 0 Å². The number of nitrogens with one attached hydrogen (secondary N) is 3. The Morgan fingerprint density at radius 2 is 1.74 bits per heavy atom. The molecule has 3 aromatic rings. The first-order valence-corrected chi connectivity index (χ1v) is 9.37. The molecule has 0 bridgehead atoms. The molecule has 0 aliphatic carbocycles. The van der Waals surface area contributed by atoms with Gasteiger partial charge in [-0.1, -0.05) is 5.16 Å². The molecular weight excluding hydrogens is 370 g/mol. The zero-order valence-electron chi connectivity index (χ0n) is 14.6. The van der Waals surface area contributed by atoms with Gasteiger partial charge in [-0.25, -0.2) is 13.4 Å². The maximum atomic E-state index is 12.4. The summed E-state index contributed by atoms with van der Waals surface area (Å²) < 4.78 is 32.3. The fourth-order valence-corrected chi connectivity index (χ4v) is 3.26. The Bertz CT molecular complexity index is 1040. The lowest BCUT2D eigenvalue weighted by Crippen LogP contribution is -2.13. The highest BCUT2D eigenvalue weighted by Crippen LogP contribution is 2.20. The van der Waals surface area contributed by atoms with Crippen molar-refractivity contribution in [3.05, 3.63) is 54.4 Å². The minimum Gasteiger partial charge on any atom is -0.360 e. The van der Waals surface area contributed by atoms with Crippen LogP contribution in [-0.4, -0.2) is 24.5 Å². The number of amides is 1. The number of pyridine rings is 1. The van der Waals surface area contributed by atoms with Crippen LogP contribution in [0.15, 0.2) is 58.1 Å². The normalized spacial score (nSPS) is 11.0. The number of anilines is 4. The van der Waals surface area contributed by atoms with Gasteiger partial charge in [-0.15, -0.1) is 0 Å². The molecular formula is C17H17N5O4S. The van der Waals surface area contributed by atoms with E-state index in [1.807, 2.05) is 0 Å². The van der Waals surface area contributed by atoms with Crippen LogP contribution in [0.5, 0.6) is 0 Å². The Balaban J connectivity index is 1.69. The minimum absolute atomic E-state index is 0.0666. The molecule has 3 N–H and O–H groups in total. The molecule has 27 heavy (non-hydrogen) atoms. The van der Waals surface area contributed by atoms with Gasteiger partial charge in [0.1, 0.15) is 11.6 Å². The Labute approximate surface area is 155 Å². The summed E-state index contributed by atoms with van der Waals surface area (Å²) in [6.07, 6.45) is 1.39. The predicted molar refractivity (Wildman–Crippen MR) is 100 cm³/mol. The van der Waals surface area contributed by atoms with Crippen LogP contribution in [0.25, 0.3) is 0 Å². The third-order valence-corrected chi connectivity index (χ3v) is 4.78. The Morgan fingerprint density at radius 3 is 2.30 bits per heavy atom. The van der Waals surface area contributed by atoms with Crippen LogP contribution < -0.4 is 15.4 Å². The van der Waals surface area contributed by atoms with Crippen molar-refractivity contribution in [2.45, 2.75) is 18.7 Å². The predicted octanol–water partition coefficient (Wildman–Crippen LogP) is 2.88. The van der Waals surface area contributed by atoms with E-state index in [0.717, 1.165) is 0 Å². The molecule has 10 heteroatoms. The number of nitrogens with zero attached hydrogens (tertiary/aromatic N) is 2. The van der Waals surface area contributed by atoms with Gasteiger partial charge in [0.05, 0.1) is 16.8 Å². The lowest BCUT2D eigenvalue weighted by Gasteiger charge is -2.09. The van der Waals surface area contributed by atoms with Crippen molar-refractivity contribution in [3.8, 4) is 0 Å². The average Bonchev–Trinajstić information content (AvgIpc) is 3.01. The molecule has 0 fully saturated rings. The molecule has 3 rings (SSSR count). The quantitative estimate of drug-likeness (QED) is 0.593. The molecule has 0 atom stereocenters. The van der Waals surface area contributed by atoms with Gasteiger partial charge in [0, 0.05) is 18.7 Å². The summed E-state index contributed by atoms with van der Waals surface area (Å²) in [6.45, 7) is 3.15. The molecule has 2 heterocycles. The largest absolute Gasteiger partial charge is 0.360 e. The number of hydrogen-bond acceptors (Lipinski definition) is 7. The monoisotopic (exact) mass is 387 g/mol. The first-order chi connectivity index (χ1) is 12.8. The Kier molecular flexibility index (Phi) is 5.08. The third kappa shape index (κ3) is 4.82. The van der Waals surface area contributed by atoms with Crippen LogP contribution in [0.2, 0.25) is 0 Å². The van der Waals surface area contributed by atoms with Gasteiger partial charge in [-0.05, 0) is 43.3 Å². The second-order valence-electron chi connectivity index (χ2n) is 5.69. The minimum atomic E-state index is -3.78. The molecule has 0 unspecified atom stereocenters. The summed E-state index contributed by atoms with van der Waals surface area (Å²) in [4.78, 5) is 15.2. The summed E-state index contributed by atoms with van der Waals surface area (Å²) in [7, 11) is -3.78. The summed E-state index contributed by atoms with van der Waals surface area (Å²) in [5, 5.41) is 9.31. The second kappa shape index (κ2) is 7.46. The number of sulfonamides is 1. The average molecular weight is 387 g/mol. The zero-order chi connectivity index (χ0) is 19.4. The molecule has 140 valence electrons. The highest BCUT2D eigenvalue weighted by Gasteiger charge is 2.14. The fraction of sp³-hybridized carbons (Fsp3) is 0.118. The van der Waals surface area contributed by atoms with Gasteiger partial charge in [0.2, 0.25) is 5.91 Å².